The summed E-state index contributed by atoms with van der Waals surface area (Å²) < 4.78 is 22.2. The van der Waals surface area contributed by atoms with Crippen LogP contribution in [0.15, 0.2) is 30.3 Å². The molecule has 20 heavy (non-hydrogen) atoms. The Morgan fingerprint density at radius 3 is 2.70 bits per heavy atom. The van der Waals surface area contributed by atoms with Crippen LogP contribution in [-0.2, 0) is 18.9 Å². The van der Waals surface area contributed by atoms with Crippen LogP contribution in [0.5, 0.6) is 0 Å². The highest BCUT2D eigenvalue weighted by Crippen LogP contribution is 2.33. The Morgan fingerprint density at radius 1 is 1.25 bits per heavy atom. The summed E-state index contributed by atoms with van der Waals surface area (Å²) in [5.41, 5.74) is 6.97. The van der Waals surface area contributed by atoms with Crippen LogP contribution in [0.2, 0.25) is 0 Å². The second kappa shape index (κ2) is 5.77. The van der Waals surface area contributed by atoms with Crippen molar-refractivity contribution in [3.05, 3.63) is 35.9 Å². The smallest absolute Gasteiger partial charge is 0.185 e. The number of aliphatic hydroxyl groups is 1. The Hall–Kier alpha value is -1.02. The van der Waals surface area contributed by atoms with Gasteiger partial charge in [-0.05, 0) is 0 Å². The van der Waals surface area contributed by atoms with Crippen LogP contribution in [0.3, 0.4) is 0 Å². The van der Waals surface area contributed by atoms with Gasteiger partial charge in [0, 0.05) is 12.7 Å². The van der Waals surface area contributed by atoms with E-state index in [0.29, 0.717) is 6.61 Å². The van der Waals surface area contributed by atoms with Gasteiger partial charge in [-0.25, -0.2) is 0 Å². The van der Waals surface area contributed by atoms with Crippen molar-refractivity contribution < 1.29 is 24.1 Å². The van der Waals surface area contributed by atoms with Crippen LogP contribution >= 0.6 is 0 Å². The third-order valence-corrected chi connectivity index (χ3v) is 3.72. The number of hydrogen-bond donors (Lipinski definition) is 2. The minimum absolute atomic E-state index is 0.335. The van der Waals surface area contributed by atoms with E-state index in [2.05, 4.69) is 0 Å². The summed E-state index contributed by atoms with van der Waals surface area (Å²) >= 11 is 0. The lowest BCUT2D eigenvalue weighted by molar-refractivity contribution is -0.338. The van der Waals surface area contributed by atoms with Gasteiger partial charge in [-0.15, -0.1) is 0 Å². The van der Waals surface area contributed by atoms with Crippen LogP contribution in [0.25, 0.3) is 0 Å². The molecule has 6 atom stereocenters. The maximum absolute atomic E-state index is 10.0. The Morgan fingerprint density at radius 2 is 2.00 bits per heavy atom. The molecule has 2 fully saturated rings. The fourth-order valence-electron chi connectivity index (χ4n) is 2.61. The van der Waals surface area contributed by atoms with Crippen molar-refractivity contribution in [1.29, 1.82) is 0 Å². The van der Waals surface area contributed by atoms with Gasteiger partial charge in [-0.1, -0.05) is 30.3 Å². The highest BCUT2D eigenvalue weighted by Gasteiger charge is 2.48. The van der Waals surface area contributed by atoms with Gasteiger partial charge in [-0.2, -0.15) is 0 Å². The number of fused-ring (bicyclic) bond motifs is 1. The summed E-state index contributed by atoms with van der Waals surface area (Å²) in [6, 6.07) is 9.04. The van der Waals surface area contributed by atoms with Crippen LogP contribution in [-0.4, -0.2) is 49.5 Å². The fourth-order valence-corrected chi connectivity index (χ4v) is 2.61. The van der Waals surface area contributed by atoms with Crippen LogP contribution < -0.4 is 5.73 Å². The molecule has 0 unspecified atom stereocenters. The quantitative estimate of drug-likeness (QED) is 0.803. The topological polar surface area (TPSA) is 83.2 Å². The Kier molecular flexibility index (Phi) is 4.02. The molecule has 1 aromatic rings. The fraction of sp³-hybridized carbons (Fsp3) is 0.571. The first-order valence-electron chi connectivity index (χ1n) is 6.64. The van der Waals surface area contributed by atoms with Crippen molar-refractivity contribution in [3.8, 4) is 0 Å². The normalized spacial score (nSPS) is 41.1. The zero-order valence-electron chi connectivity index (χ0n) is 11.2. The number of aliphatic hydroxyl groups excluding tert-OH is 1. The molecule has 0 amide bonds. The van der Waals surface area contributed by atoms with Gasteiger partial charge in [0.1, 0.15) is 18.3 Å². The zero-order valence-corrected chi connectivity index (χ0v) is 11.2. The maximum atomic E-state index is 10.0. The summed E-state index contributed by atoms with van der Waals surface area (Å²) in [6.45, 7) is 0.352. The van der Waals surface area contributed by atoms with Gasteiger partial charge in [-0.3, -0.25) is 0 Å². The summed E-state index contributed by atoms with van der Waals surface area (Å²) in [4.78, 5) is 0. The van der Waals surface area contributed by atoms with Crippen LogP contribution in [0, 0.1) is 0 Å². The highest BCUT2D eigenvalue weighted by atomic mass is 16.7. The number of nitrogens with two attached hydrogens (primary N) is 1. The summed E-state index contributed by atoms with van der Waals surface area (Å²) in [5.74, 6) is 0. The molecule has 6 nitrogen and oxygen atoms in total. The predicted molar refractivity (Wildman–Crippen MR) is 69.7 cm³/mol. The third kappa shape index (κ3) is 2.46. The molecule has 0 aromatic heterocycles. The van der Waals surface area contributed by atoms with Crippen molar-refractivity contribution in [2.75, 3.05) is 13.7 Å². The van der Waals surface area contributed by atoms with E-state index in [1.165, 1.54) is 7.11 Å². The average molecular weight is 281 g/mol. The van der Waals surface area contributed by atoms with Gasteiger partial charge in [0.15, 0.2) is 12.6 Å². The lowest BCUT2D eigenvalue weighted by atomic mass is 9.96. The second-order valence-corrected chi connectivity index (χ2v) is 5.02. The largest absolute Gasteiger partial charge is 0.386 e. The molecule has 2 aliphatic rings. The molecule has 2 aliphatic heterocycles. The van der Waals surface area contributed by atoms with Crippen molar-refractivity contribution in [1.82, 2.24) is 0 Å². The lowest BCUT2D eigenvalue weighted by Crippen LogP contribution is -2.65. The molecule has 2 saturated heterocycles. The molecular formula is C14H19NO5. The first kappa shape index (κ1) is 13.9. The summed E-state index contributed by atoms with van der Waals surface area (Å²) in [5, 5.41) is 10.0. The SMILES string of the molecule is CO[C@H]1O[C@@H]2CO[C@H](c3ccccc3)O[C@H]2[C@@H](N)[C@@H]1O. The summed E-state index contributed by atoms with van der Waals surface area (Å²) in [7, 11) is 1.47. The Bertz CT molecular complexity index is 440. The van der Waals surface area contributed by atoms with Crippen molar-refractivity contribution in [3.63, 3.8) is 0 Å². The number of methoxy groups -OCH3 is 1. The first-order valence-corrected chi connectivity index (χ1v) is 6.64. The van der Waals surface area contributed by atoms with E-state index in [1.54, 1.807) is 0 Å². The number of ether oxygens (including phenoxy) is 4. The molecule has 0 spiro atoms. The molecule has 3 N–H and O–H groups in total. The predicted octanol–water partition coefficient (Wildman–Crippen LogP) is 0.160. The molecule has 1 aromatic carbocycles. The Balaban J connectivity index is 1.74. The van der Waals surface area contributed by atoms with Crippen molar-refractivity contribution >= 4 is 0 Å². The van der Waals surface area contributed by atoms with Crippen molar-refractivity contribution in [2.24, 2.45) is 5.73 Å². The molecule has 0 saturated carbocycles. The molecule has 6 heteroatoms. The van der Waals surface area contributed by atoms with Gasteiger partial charge in [0.25, 0.3) is 0 Å². The van der Waals surface area contributed by atoms with Gasteiger partial charge >= 0.3 is 0 Å². The average Bonchev–Trinajstić information content (AvgIpc) is 2.51. The van der Waals surface area contributed by atoms with E-state index in [4.69, 9.17) is 24.7 Å². The van der Waals surface area contributed by atoms with Gasteiger partial charge in [0.05, 0.1) is 12.6 Å². The van der Waals surface area contributed by atoms with Crippen molar-refractivity contribution in [2.45, 2.75) is 36.9 Å². The third-order valence-electron chi connectivity index (χ3n) is 3.72. The molecule has 0 radical (unpaired) electrons. The number of rotatable bonds is 2. The molecule has 0 bridgehead atoms. The lowest BCUT2D eigenvalue weighted by Gasteiger charge is -2.46. The van der Waals surface area contributed by atoms with E-state index in [-0.39, 0.29) is 6.10 Å². The number of hydrogen-bond acceptors (Lipinski definition) is 6. The van der Waals surface area contributed by atoms with E-state index in [0.717, 1.165) is 5.56 Å². The molecule has 0 aliphatic carbocycles. The zero-order chi connectivity index (χ0) is 14.1. The van der Waals surface area contributed by atoms with E-state index in [1.807, 2.05) is 30.3 Å². The Labute approximate surface area is 117 Å². The molecular weight excluding hydrogens is 262 g/mol. The minimum Gasteiger partial charge on any atom is -0.386 e. The molecule has 110 valence electrons. The van der Waals surface area contributed by atoms with Crippen LogP contribution in [0.4, 0.5) is 0 Å². The molecule has 3 rings (SSSR count). The minimum atomic E-state index is -0.921. The van der Waals surface area contributed by atoms with Gasteiger partial charge < -0.3 is 29.8 Å². The number of benzene rings is 1. The monoisotopic (exact) mass is 281 g/mol. The van der Waals surface area contributed by atoms with E-state index < -0.39 is 30.8 Å². The first-order chi connectivity index (χ1) is 9.70. The second-order valence-electron chi connectivity index (χ2n) is 5.02. The maximum Gasteiger partial charge on any atom is 0.185 e. The van der Waals surface area contributed by atoms with E-state index >= 15 is 0 Å². The van der Waals surface area contributed by atoms with Crippen LogP contribution in [0.1, 0.15) is 11.9 Å². The summed E-state index contributed by atoms with van der Waals surface area (Å²) in [6.07, 6.45) is -2.91. The highest BCUT2D eigenvalue weighted by molar-refractivity contribution is 5.16. The van der Waals surface area contributed by atoms with E-state index in [9.17, 15) is 5.11 Å². The standard InChI is InChI=1S/C14H19NO5/c1-17-14-11(16)10(15)12-9(19-14)7-18-13(20-12)8-5-3-2-4-6-8/h2-6,9-14,16H,7,15H2,1H3/t9-,10+,11+,12-,13+,14+/m1/s1. The van der Waals surface area contributed by atoms with Gasteiger partial charge in [0.2, 0.25) is 0 Å². The molecule has 2 heterocycles.